The van der Waals surface area contributed by atoms with Gasteiger partial charge in [-0.15, -0.1) is 5.10 Å². The Hall–Kier alpha value is -1.43. The van der Waals surface area contributed by atoms with Crippen LogP contribution in [0.1, 0.15) is 18.3 Å². The Bertz CT molecular complexity index is 322. The Kier molecular flexibility index (Phi) is 3.58. The summed E-state index contributed by atoms with van der Waals surface area (Å²) in [4.78, 5) is 10.5. The van der Waals surface area contributed by atoms with E-state index in [-0.39, 0.29) is 13.0 Å². The molecule has 0 bridgehead atoms. The first-order chi connectivity index (χ1) is 6.69. The molecule has 0 amide bonds. The van der Waals surface area contributed by atoms with Crippen LogP contribution in [0.15, 0.2) is 0 Å². The average Bonchev–Trinajstić information content (AvgIpc) is 2.47. The number of aliphatic carboxylic acids is 1. The van der Waals surface area contributed by atoms with Crippen LogP contribution in [0.2, 0.25) is 0 Å². The summed E-state index contributed by atoms with van der Waals surface area (Å²) in [6.07, 6.45) is 0.546. The maximum absolute atomic E-state index is 10.5. The number of aliphatic hydroxyl groups excluding tert-OH is 1. The molecule has 0 radical (unpaired) electrons. The van der Waals surface area contributed by atoms with Crippen molar-refractivity contribution in [2.45, 2.75) is 26.3 Å². The first kappa shape index (κ1) is 10.6. The smallest absolute Gasteiger partial charge is 0.309 e. The van der Waals surface area contributed by atoms with Gasteiger partial charge in [0.05, 0.1) is 31.0 Å². The highest BCUT2D eigenvalue weighted by molar-refractivity contribution is 5.69. The van der Waals surface area contributed by atoms with Crippen LogP contribution in [-0.4, -0.2) is 37.8 Å². The summed E-state index contributed by atoms with van der Waals surface area (Å²) in [6, 6.07) is 0. The molecule has 0 atom stereocenters. The van der Waals surface area contributed by atoms with Gasteiger partial charge in [-0.05, 0) is 6.42 Å². The lowest BCUT2D eigenvalue weighted by Crippen LogP contribution is -2.09. The third-order valence-corrected chi connectivity index (χ3v) is 1.88. The summed E-state index contributed by atoms with van der Waals surface area (Å²) >= 11 is 0. The SMILES string of the molecule is CCc1c(CC(=O)O)nnn1CCO. The first-order valence-corrected chi connectivity index (χ1v) is 4.43. The zero-order valence-corrected chi connectivity index (χ0v) is 7.97. The molecule has 0 saturated carbocycles. The molecule has 0 fully saturated rings. The molecule has 0 aromatic carbocycles. The molecule has 14 heavy (non-hydrogen) atoms. The van der Waals surface area contributed by atoms with E-state index in [1.165, 1.54) is 4.68 Å². The minimum absolute atomic E-state index is 0.0249. The summed E-state index contributed by atoms with van der Waals surface area (Å²) in [5, 5.41) is 24.9. The molecule has 78 valence electrons. The highest BCUT2D eigenvalue weighted by atomic mass is 16.4. The van der Waals surface area contributed by atoms with Crippen LogP contribution in [0.25, 0.3) is 0 Å². The fraction of sp³-hybridized carbons (Fsp3) is 0.625. The van der Waals surface area contributed by atoms with Crippen LogP contribution in [-0.2, 0) is 24.2 Å². The third kappa shape index (κ3) is 2.29. The van der Waals surface area contributed by atoms with E-state index < -0.39 is 5.97 Å². The topological polar surface area (TPSA) is 88.2 Å². The average molecular weight is 199 g/mol. The van der Waals surface area contributed by atoms with Crippen molar-refractivity contribution in [1.29, 1.82) is 0 Å². The molecular formula is C8H13N3O3. The van der Waals surface area contributed by atoms with Crippen molar-refractivity contribution in [3.63, 3.8) is 0 Å². The fourth-order valence-electron chi connectivity index (χ4n) is 1.31. The van der Waals surface area contributed by atoms with Crippen LogP contribution in [0.3, 0.4) is 0 Å². The van der Waals surface area contributed by atoms with Gasteiger partial charge in [0.15, 0.2) is 0 Å². The number of hydrogen-bond acceptors (Lipinski definition) is 4. The highest BCUT2D eigenvalue weighted by Crippen LogP contribution is 2.07. The van der Waals surface area contributed by atoms with Gasteiger partial charge >= 0.3 is 5.97 Å². The predicted octanol–water partition coefficient (Wildman–Crippen LogP) is -0.540. The zero-order valence-electron chi connectivity index (χ0n) is 7.97. The molecule has 0 unspecified atom stereocenters. The molecule has 6 nitrogen and oxygen atoms in total. The van der Waals surface area contributed by atoms with E-state index >= 15 is 0 Å². The lowest BCUT2D eigenvalue weighted by Gasteiger charge is -2.02. The normalized spacial score (nSPS) is 10.4. The van der Waals surface area contributed by atoms with E-state index in [1.54, 1.807) is 0 Å². The molecule has 0 spiro atoms. The monoisotopic (exact) mass is 199 g/mol. The summed E-state index contributed by atoms with van der Waals surface area (Å²) in [6.45, 7) is 2.23. The van der Waals surface area contributed by atoms with E-state index in [1.807, 2.05) is 6.92 Å². The Morgan fingerprint density at radius 2 is 2.29 bits per heavy atom. The Morgan fingerprint density at radius 3 is 2.79 bits per heavy atom. The molecule has 0 aliphatic carbocycles. The predicted molar refractivity (Wildman–Crippen MR) is 47.8 cm³/mol. The van der Waals surface area contributed by atoms with E-state index in [2.05, 4.69) is 10.3 Å². The van der Waals surface area contributed by atoms with Crippen molar-refractivity contribution in [2.24, 2.45) is 0 Å². The van der Waals surface area contributed by atoms with Gasteiger partial charge in [-0.3, -0.25) is 4.79 Å². The van der Waals surface area contributed by atoms with Gasteiger partial charge < -0.3 is 10.2 Å². The van der Waals surface area contributed by atoms with Gasteiger partial charge in [0.25, 0.3) is 0 Å². The van der Waals surface area contributed by atoms with E-state index in [9.17, 15) is 4.79 Å². The Morgan fingerprint density at radius 1 is 1.57 bits per heavy atom. The number of rotatable bonds is 5. The number of carbonyl (C=O) groups is 1. The van der Waals surface area contributed by atoms with E-state index in [0.717, 1.165) is 5.69 Å². The summed E-state index contributed by atoms with van der Waals surface area (Å²) < 4.78 is 1.54. The standard InChI is InChI=1S/C8H13N3O3/c1-2-7-6(5-8(13)14)9-10-11(7)3-4-12/h12H,2-5H2,1H3,(H,13,14). The van der Waals surface area contributed by atoms with Crippen molar-refractivity contribution < 1.29 is 15.0 Å². The summed E-state index contributed by atoms with van der Waals surface area (Å²) in [5.74, 6) is -0.921. The van der Waals surface area contributed by atoms with Crippen molar-refractivity contribution in [3.8, 4) is 0 Å². The molecule has 0 aliphatic heterocycles. The van der Waals surface area contributed by atoms with Gasteiger partial charge in [0.2, 0.25) is 0 Å². The Labute approximate surface area is 81.2 Å². The lowest BCUT2D eigenvalue weighted by molar-refractivity contribution is -0.136. The maximum atomic E-state index is 10.5. The van der Waals surface area contributed by atoms with Gasteiger partial charge in [0, 0.05) is 0 Å². The number of aromatic nitrogens is 3. The zero-order chi connectivity index (χ0) is 10.6. The third-order valence-electron chi connectivity index (χ3n) is 1.88. The van der Waals surface area contributed by atoms with Gasteiger partial charge in [-0.2, -0.15) is 0 Å². The van der Waals surface area contributed by atoms with Crippen LogP contribution < -0.4 is 0 Å². The number of hydrogen-bond donors (Lipinski definition) is 2. The molecule has 1 rings (SSSR count). The van der Waals surface area contributed by atoms with Gasteiger partial charge in [0.1, 0.15) is 0 Å². The first-order valence-electron chi connectivity index (χ1n) is 4.43. The second-order valence-electron chi connectivity index (χ2n) is 2.85. The molecule has 1 heterocycles. The van der Waals surface area contributed by atoms with Crippen molar-refractivity contribution >= 4 is 5.97 Å². The van der Waals surface area contributed by atoms with E-state index in [4.69, 9.17) is 10.2 Å². The lowest BCUT2D eigenvalue weighted by atomic mass is 10.2. The minimum Gasteiger partial charge on any atom is -0.481 e. The van der Waals surface area contributed by atoms with Crippen molar-refractivity contribution in [1.82, 2.24) is 15.0 Å². The molecule has 2 N–H and O–H groups in total. The second-order valence-corrected chi connectivity index (χ2v) is 2.85. The largest absolute Gasteiger partial charge is 0.481 e. The molecule has 0 aliphatic rings. The van der Waals surface area contributed by atoms with Crippen molar-refractivity contribution in [3.05, 3.63) is 11.4 Å². The maximum Gasteiger partial charge on any atom is 0.309 e. The molecule has 1 aromatic rings. The van der Waals surface area contributed by atoms with Gasteiger partial charge in [-0.1, -0.05) is 12.1 Å². The van der Waals surface area contributed by atoms with Crippen LogP contribution >= 0.6 is 0 Å². The summed E-state index contributed by atoms with van der Waals surface area (Å²) in [7, 11) is 0. The van der Waals surface area contributed by atoms with E-state index in [0.29, 0.717) is 18.7 Å². The molecule has 0 saturated heterocycles. The quantitative estimate of drug-likeness (QED) is 0.665. The van der Waals surface area contributed by atoms with Crippen molar-refractivity contribution in [2.75, 3.05) is 6.61 Å². The number of carboxylic acids is 1. The second kappa shape index (κ2) is 4.71. The van der Waals surface area contributed by atoms with Gasteiger partial charge in [-0.25, -0.2) is 4.68 Å². The number of carboxylic acid groups (broad SMARTS) is 1. The minimum atomic E-state index is -0.921. The number of aliphatic hydroxyl groups is 1. The molecule has 1 aromatic heterocycles. The molecule has 6 heteroatoms. The fourth-order valence-corrected chi connectivity index (χ4v) is 1.31. The Balaban J connectivity index is 2.88. The van der Waals surface area contributed by atoms with Crippen LogP contribution in [0.5, 0.6) is 0 Å². The van der Waals surface area contributed by atoms with Crippen LogP contribution in [0.4, 0.5) is 0 Å². The number of nitrogens with zero attached hydrogens (tertiary/aromatic N) is 3. The highest BCUT2D eigenvalue weighted by Gasteiger charge is 2.13. The summed E-state index contributed by atoms with van der Waals surface area (Å²) in [5.41, 5.74) is 1.26. The van der Waals surface area contributed by atoms with Crippen LogP contribution in [0, 0.1) is 0 Å². The molecular weight excluding hydrogens is 186 g/mol.